The van der Waals surface area contributed by atoms with Crippen LogP contribution in [0.15, 0.2) is 30.5 Å². The number of aryl methyl sites for hydroxylation is 2. The monoisotopic (exact) mass is 352 g/mol. The van der Waals surface area contributed by atoms with E-state index in [1.165, 1.54) is 33.5 Å². The molecule has 0 bridgehead atoms. The zero-order chi connectivity index (χ0) is 20.1. The van der Waals surface area contributed by atoms with Crippen molar-refractivity contribution in [1.82, 2.24) is 0 Å². The Morgan fingerprint density at radius 2 is 1.19 bits per heavy atom. The maximum atomic E-state index is 2.43. The molecule has 1 aromatic heterocycles. The molecule has 1 aromatic carbocycles. The second-order valence-corrected chi connectivity index (χ2v) is 10.9. The number of benzene rings is 1. The summed E-state index contributed by atoms with van der Waals surface area (Å²) in [5.74, 6) is 0. The van der Waals surface area contributed by atoms with Crippen LogP contribution in [0.3, 0.4) is 0 Å². The van der Waals surface area contributed by atoms with Gasteiger partial charge in [-0.15, -0.1) is 0 Å². The first kappa shape index (κ1) is 20.7. The van der Waals surface area contributed by atoms with Crippen molar-refractivity contribution >= 4 is 0 Å². The van der Waals surface area contributed by atoms with E-state index in [9.17, 15) is 0 Å². The minimum atomic E-state index is 0.120. The van der Waals surface area contributed by atoms with Crippen molar-refractivity contribution in [2.45, 2.75) is 85.5 Å². The van der Waals surface area contributed by atoms with Gasteiger partial charge in [0.15, 0.2) is 6.20 Å². The smallest absolute Gasteiger partial charge is 0.201 e. The van der Waals surface area contributed by atoms with Crippen LogP contribution in [0.2, 0.25) is 0 Å². The van der Waals surface area contributed by atoms with Gasteiger partial charge < -0.3 is 0 Å². The molecular weight excluding hydrogens is 314 g/mol. The second-order valence-electron chi connectivity index (χ2n) is 10.9. The number of hydrogen-bond acceptors (Lipinski definition) is 0. The molecular formula is C25H38N+. The van der Waals surface area contributed by atoms with Gasteiger partial charge in [0.1, 0.15) is 7.05 Å². The Bertz CT molecular complexity index is 806. The number of pyridine rings is 1. The summed E-state index contributed by atoms with van der Waals surface area (Å²) in [4.78, 5) is 0. The third-order valence-corrected chi connectivity index (χ3v) is 5.26. The lowest BCUT2D eigenvalue weighted by Gasteiger charge is -2.31. The maximum Gasteiger partial charge on any atom is 0.212 e. The highest BCUT2D eigenvalue weighted by molar-refractivity contribution is 5.65. The summed E-state index contributed by atoms with van der Waals surface area (Å²) in [5.41, 5.74) is 8.67. The van der Waals surface area contributed by atoms with Crippen LogP contribution in [0.25, 0.3) is 11.3 Å². The van der Waals surface area contributed by atoms with Gasteiger partial charge >= 0.3 is 0 Å². The van der Waals surface area contributed by atoms with E-state index in [4.69, 9.17) is 0 Å². The first-order valence-corrected chi connectivity index (χ1v) is 9.78. The summed E-state index contributed by atoms with van der Waals surface area (Å²) >= 11 is 0. The molecule has 0 aliphatic rings. The van der Waals surface area contributed by atoms with Crippen LogP contribution < -0.4 is 4.57 Å². The van der Waals surface area contributed by atoms with E-state index in [1.54, 1.807) is 0 Å². The van der Waals surface area contributed by atoms with Crippen LogP contribution in [0, 0.1) is 6.92 Å². The second kappa shape index (κ2) is 6.51. The van der Waals surface area contributed by atoms with Crippen molar-refractivity contribution in [2.75, 3.05) is 0 Å². The molecule has 0 unspecified atom stereocenters. The van der Waals surface area contributed by atoms with Crippen LogP contribution in [0.4, 0.5) is 0 Å². The predicted octanol–water partition coefficient (Wildman–Crippen LogP) is 6.38. The Balaban J connectivity index is 2.72. The molecule has 26 heavy (non-hydrogen) atoms. The summed E-state index contributed by atoms with van der Waals surface area (Å²) < 4.78 is 2.28. The van der Waals surface area contributed by atoms with E-state index >= 15 is 0 Å². The van der Waals surface area contributed by atoms with Crippen LogP contribution >= 0.6 is 0 Å². The molecule has 0 fully saturated rings. The van der Waals surface area contributed by atoms with Crippen molar-refractivity contribution in [1.29, 1.82) is 0 Å². The van der Waals surface area contributed by atoms with Crippen LogP contribution in [-0.2, 0) is 23.3 Å². The molecule has 2 aromatic rings. The lowest BCUT2D eigenvalue weighted by atomic mass is 9.73. The first-order valence-electron chi connectivity index (χ1n) is 9.78. The van der Waals surface area contributed by atoms with E-state index in [0.29, 0.717) is 0 Å². The molecule has 1 heteroatoms. The third-order valence-electron chi connectivity index (χ3n) is 5.26. The summed E-state index contributed by atoms with van der Waals surface area (Å²) in [5, 5.41) is 0. The highest BCUT2D eigenvalue weighted by Gasteiger charge is 2.28. The van der Waals surface area contributed by atoms with Gasteiger partial charge in [0.05, 0.1) is 0 Å². The van der Waals surface area contributed by atoms with E-state index in [0.717, 1.165) is 0 Å². The van der Waals surface area contributed by atoms with Gasteiger partial charge in [-0.1, -0.05) is 68.4 Å². The average Bonchev–Trinajstić information content (AvgIpc) is 2.44. The fourth-order valence-corrected chi connectivity index (χ4v) is 3.56. The molecule has 142 valence electrons. The Morgan fingerprint density at radius 3 is 1.62 bits per heavy atom. The molecule has 0 spiro atoms. The minimum absolute atomic E-state index is 0.120. The number of rotatable bonds is 1. The van der Waals surface area contributed by atoms with Crippen LogP contribution in [0.5, 0.6) is 0 Å². The highest BCUT2D eigenvalue weighted by atomic mass is 14.9. The average molecular weight is 353 g/mol. The quantitative estimate of drug-likeness (QED) is 0.524. The van der Waals surface area contributed by atoms with E-state index in [2.05, 4.69) is 111 Å². The zero-order valence-electron chi connectivity index (χ0n) is 18.8. The van der Waals surface area contributed by atoms with Crippen molar-refractivity contribution in [3.05, 3.63) is 52.7 Å². The summed E-state index contributed by atoms with van der Waals surface area (Å²) in [6.07, 6.45) is 2.28. The van der Waals surface area contributed by atoms with E-state index < -0.39 is 0 Å². The Labute approximate surface area is 161 Å². The molecule has 0 radical (unpaired) electrons. The largest absolute Gasteiger partial charge is 0.212 e. The summed E-state index contributed by atoms with van der Waals surface area (Å²) in [6.45, 7) is 22.9. The fraction of sp³-hybridized carbons (Fsp3) is 0.560. The van der Waals surface area contributed by atoms with Crippen LogP contribution in [-0.4, -0.2) is 0 Å². The van der Waals surface area contributed by atoms with Gasteiger partial charge in [-0.05, 0) is 52.0 Å². The van der Waals surface area contributed by atoms with E-state index in [1.807, 2.05) is 0 Å². The molecule has 0 aliphatic carbocycles. The van der Waals surface area contributed by atoms with Crippen molar-refractivity contribution in [2.24, 2.45) is 7.05 Å². The molecule has 0 aliphatic heterocycles. The van der Waals surface area contributed by atoms with Gasteiger partial charge in [0.2, 0.25) is 5.69 Å². The predicted molar refractivity (Wildman–Crippen MR) is 114 cm³/mol. The highest BCUT2D eigenvalue weighted by Crippen LogP contribution is 2.38. The fourth-order valence-electron chi connectivity index (χ4n) is 3.56. The lowest BCUT2D eigenvalue weighted by Crippen LogP contribution is -2.33. The maximum absolute atomic E-state index is 2.43. The number of hydrogen-bond donors (Lipinski definition) is 0. The molecule has 1 nitrogen and oxygen atoms in total. The Hall–Kier alpha value is -1.63. The lowest BCUT2D eigenvalue weighted by molar-refractivity contribution is -0.661. The third kappa shape index (κ3) is 4.19. The first-order chi connectivity index (χ1) is 11.6. The Kier molecular flexibility index (Phi) is 5.18. The zero-order valence-corrected chi connectivity index (χ0v) is 18.8. The van der Waals surface area contributed by atoms with Gasteiger partial charge in [0.25, 0.3) is 0 Å². The van der Waals surface area contributed by atoms with Crippen molar-refractivity contribution < 1.29 is 4.57 Å². The minimum Gasteiger partial charge on any atom is -0.201 e. The topological polar surface area (TPSA) is 3.88 Å². The molecule has 2 rings (SSSR count). The summed E-state index contributed by atoms with van der Waals surface area (Å²) in [6, 6.07) is 9.41. The van der Waals surface area contributed by atoms with Gasteiger partial charge in [-0.2, -0.15) is 0 Å². The molecule has 0 atom stereocenters. The summed E-state index contributed by atoms with van der Waals surface area (Å²) in [7, 11) is 2.17. The molecule has 1 heterocycles. The molecule has 0 N–H and O–H groups in total. The van der Waals surface area contributed by atoms with Crippen molar-refractivity contribution in [3.8, 4) is 11.3 Å². The standard InChI is InChI=1S/C25H38N/c1-17-14-20(24(5,6)7)21(25(8,9)10)15-19(17)22-13-12-18(16-26(22)11)23(2,3)4/h12-16H,1-11H3/q+1. The van der Waals surface area contributed by atoms with Gasteiger partial charge in [-0.25, -0.2) is 4.57 Å². The number of aromatic nitrogens is 1. The SMILES string of the molecule is Cc1cc(C(C)(C)C)c(C(C)(C)C)cc1-c1ccc(C(C)(C)C)c[n+]1C. The Morgan fingerprint density at radius 1 is 0.692 bits per heavy atom. The molecule has 0 saturated carbocycles. The van der Waals surface area contributed by atoms with E-state index in [-0.39, 0.29) is 16.2 Å². The van der Waals surface area contributed by atoms with Crippen LogP contribution in [0.1, 0.15) is 84.6 Å². The van der Waals surface area contributed by atoms with Crippen molar-refractivity contribution in [3.63, 3.8) is 0 Å². The normalized spacial score (nSPS) is 13.2. The molecule has 0 amide bonds. The number of nitrogens with zero attached hydrogens (tertiary/aromatic N) is 1. The van der Waals surface area contributed by atoms with Gasteiger partial charge in [0, 0.05) is 17.2 Å². The van der Waals surface area contributed by atoms with Gasteiger partial charge in [-0.3, -0.25) is 0 Å². The molecule has 0 saturated heterocycles.